The van der Waals surface area contributed by atoms with Crippen LogP contribution in [-0.4, -0.2) is 59.5 Å². The third-order valence-corrected chi connectivity index (χ3v) is 3.98. The molecule has 0 bridgehead atoms. The Morgan fingerprint density at radius 3 is 2.72 bits per heavy atom. The van der Waals surface area contributed by atoms with Gasteiger partial charge >= 0.3 is 5.97 Å². The Labute approximate surface area is 108 Å². The number of carboxylic acids is 1. The number of carboxylic acid groups (broad SMARTS) is 1. The van der Waals surface area contributed by atoms with Crippen molar-refractivity contribution in [1.29, 1.82) is 0 Å². The Kier molecular flexibility index (Phi) is 4.22. The molecule has 102 valence electrons. The van der Waals surface area contributed by atoms with Crippen LogP contribution in [0, 0.1) is 5.92 Å². The van der Waals surface area contributed by atoms with Crippen LogP contribution in [0.4, 0.5) is 0 Å². The molecule has 1 atom stereocenters. The molecular formula is C13H22N2O3. The minimum Gasteiger partial charge on any atom is -0.480 e. The van der Waals surface area contributed by atoms with E-state index in [4.69, 9.17) is 5.11 Å². The zero-order valence-corrected chi connectivity index (χ0v) is 11.0. The van der Waals surface area contributed by atoms with Crippen molar-refractivity contribution in [3.05, 3.63) is 0 Å². The summed E-state index contributed by atoms with van der Waals surface area (Å²) in [5.74, 6) is -0.257. The summed E-state index contributed by atoms with van der Waals surface area (Å²) in [5, 5.41) is 8.72. The van der Waals surface area contributed by atoms with Crippen LogP contribution in [0.2, 0.25) is 0 Å². The Bertz CT molecular complexity index is 326. The van der Waals surface area contributed by atoms with Gasteiger partial charge < -0.3 is 10.0 Å². The van der Waals surface area contributed by atoms with Gasteiger partial charge in [0.15, 0.2) is 0 Å². The molecule has 2 fully saturated rings. The van der Waals surface area contributed by atoms with Gasteiger partial charge in [-0.15, -0.1) is 0 Å². The normalized spacial score (nSPS) is 25.3. The quantitative estimate of drug-likeness (QED) is 0.788. The third kappa shape index (κ3) is 3.22. The average Bonchev–Trinajstić information content (AvgIpc) is 2.85. The highest BCUT2D eigenvalue weighted by Crippen LogP contribution is 2.29. The summed E-state index contributed by atoms with van der Waals surface area (Å²) in [6.45, 7) is 1.56. The molecule has 0 aromatic rings. The fourth-order valence-electron chi connectivity index (χ4n) is 3.24. The lowest BCUT2D eigenvalue weighted by molar-refractivity contribution is -0.138. The van der Waals surface area contributed by atoms with Gasteiger partial charge in [-0.25, -0.2) is 0 Å². The average molecular weight is 254 g/mol. The molecule has 1 unspecified atom stereocenters. The molecule has 18 heavy (non-hydrogen) atoms. The van der Waals surface area contributed by atoms with E-state index >= 15 is 0 Å². The van der Waals surface area contributed by atoms with E-state index in [1.54, 1.807) is 11.9 Å². The van der Waals surface area contributed by atoms with Crippen molar-refractivity contribution in [2.75, 3.05) is 26.7 Å². The number of likely N-dealkylation sites (N-methyl/N-ethyl adjacent to an activating group) is 1. The van der Waals surface area contributed by atoms with Crippen molar-refractivity contribution >= 4 is 11.9 Å². The lowest BCUT2D eigenvalue weighted by Crippen LogP contribution is -2.36. The number of hydrogen-bond acceptors (Lipinski definition) is 3. The van der Waals surface area contributed by atoms with Crippen LogP contribution >= 0.6 is 0 Å². The Morgan fingerprint density at radius 2 is 2.11 bits per heavy atom. The molecule has 0 aromatic carbocycles. The zero-order chi connectivity index (χ0) is 13.1. The summed E-state index contributed by atoms with van der Waals surface area (Å²) in [6, 6.07) is 0.451. The first-order valence-electron chi connectivity index (χ1n) is 6.76. The van der Waals surface area contributed by atoms with Crippen molar-refractivity contribution in [3.63, 3.8) is 0 Å². The number of amides is 1. The van der Waals surface area contributed by atoms with Crippen LogP contribution < -0.4 is 0 Å². The SMILES string of the molecule is CN(CC(=O)O)CC1CC(=O)N(C2CCCC2)C1. The monoisotopic (exact) mass is 254 g/mol. The second kappa shape index (κ2) is 5.69. The minimum absolute atomic E-state index is 0.0497. The van der Waals surface area contributed by atoms with Crippen molar-refractivity contribution in [2.45, 2.75) is 38.1 Å². The minimum atomic E-state index is -0.811. The number of aliphatic carboxylic acids is 1. The highest BCUT2D eigenvalue weighted by Gasteiger charge is 2.35. The summed E-state index contributed by atoms with van der Waals surface area (Å²) in [5.41, 5.74) is 0. The van der Waals surface area contributed by atoms with Crippen molar-refractivity contribution in [1.82, 2.24) is 9.80 Å². The molecule has 5 nitrogen and oxygen atoms in total. The van der Waals surface area contributed by atoms with Gasteiger partial charge in [0, 0.05) is 25.6 Å². The molecule has 1 saturated carbocycles. The highest BCUT2D eigenvalue weighted by molar-refractivity contribution is 5.79. The van der Waals surface area contributed by atoms with Crippen LogP contribution in [0.15, 0.2) is 0 Å². The molecular weight excluding hydrogens is 232 g/mol. The van der Waals surface area contributed by atoms with E-state index in [2.05, 4.69) is 0 Å². The molecule has 1 aliphatic heterocycles. The summed E-state index contributed by atoms with van der Waals surface area (Å²) >= 11 is 0. The van der Waals surface area contributed by atoms with E-state index < -0.39 is 5.97 Å². The number of nitrogens with zero attached hydrogens (tertiary/aromatic N) is 2. The summed E-state index contributed by atoms with van der Waals surface area (Å²) in [6.07, 6.45) is 5.34. The molecule has 2 aliphatic rings. The number of carbonyl (C=O) groups is 2. The maximum atomic E-state index is 12.0. The van der Waals surface area contributed by atoms with E-state index in [-0.39, 0.29) is 12.5 Å². The molecule has 1 aliphatic carbocycles. The predicted octanol–water partition coefficient (Wildman–Crippen LogP) is 0.794. The first kappa shape index (κ1) is 13.3. The molecule has 0 spiro atoms. The number of hydrogen-bond donors (Lipinski definition) is 1. The zero-order valence-electron chi connectivity index (χ0n) is 11.0. The second-order valence-corrected chi connectivity index (χ2v) is 5.65. The van der Waals surface area contributed by atoms with E-state index in [0.717, 1.165) is 19.4 Å². The molecule has 1 N–H and O–H groups in total. The first-order chi connectivity index (χ1) is 8.56. The molecule has 1 saturated heterocycles. The van der Waals surface area contributed by atoms with E-state index in [0.29, 0.717) is 24.9 Å². The predicted molar refractivity (Wildman–Crippen MR) is 67.2 cm³/mol. The Hall–Kier alpha value is -1.10. The largest absolute Gasteiger partial charge is 0.480 e. The van der Waals surface area contributed by atoms with Crippen molar-refractivity contribution in [2.24, 2.45) is 5.92 Å². The number of likely N-dealkylation sites (tertiary alicyclic amines) is 1. The smallest absolute Gasteiger partial charge is 0.317 e. The van der Waals surface area contributed by atoms with Crippen molar-refractivity contribution in [3.8, 4) is 0 Å². The van der Waals surface area contributed by atoms with Gasteiger partial charge in [0.1, 0.15) is 0 Å². The van der Waals surface area contributed by atoms with Crippen molar-refractivity contribution < 1.29 is 14.7 Å². The van der Waals surface area contributed by atoms with Crippen LogP contribution in [0.25, 0.3) is 0 Å². The highest BCUT2D eigenvalue weighted by atomic mass is 16.4. The molecule has 1 amide bonds. The fourth-order valence-corrected chi connectivity index (χ4v) is 3.24. The van der Waals surface area contributed by atoms with Gasteiger partial charge in [0.25, 0.3) is 0 Å². The molecule has 5 heteroatoms. The van der Waals surface area contributed by atoms with Gasteiger partial charge in [0.2, 0.25) is 5.91 Å². The maximum Gasteiger partial charge on any atom is 0.317 e. The molecule has 2 rings (SSSR count). The van der Waals surface area contributed by atoms with Crippen LogP contribution in [0.1, 0.15) is 32.1 Å². The summed E-state index contributed by atoms with van der Waals surface area (Å²) in [7, 11) is 1.80. The van der Waals surface area contributed by atoms with Gasteiger partial charge in [-0.05, 0) is 25.8 Å². The van der Waals surface area contributed by atoms with E-state index in [1.807, 2.05) is 4.90 Å². The van der Waals surface area contributed by atoms with Crippen LogP contribution in [0.5, 0.6) is 0 Å². The van der Waals surface area contributed by atoms with Gasteiger partial charge in [-0.2, -0.15) is 0 Å². The summed E-state index contributed by atoms with van der Waals surface area (Å²) < 4.78 is 0. The third-order valence-electron chi connectivity index (χ3n) is 3.98. The topological polar surface area (TPSA) is 60.9 Å². The lowest BCUT2D eigenvalue weighted by Gasteiger charge is -2.25. The van der Waals surface area contributed by atoms with Gasteiger partial charge in [0.05, 0.1) is 6.54 Å². The fraction of sp³-hybridized carbons (Fsp3) is 0.846. The molecule has 1 heterocycles. The van der Waals surface area contributed by atoms with E-state index in [1.165, 1.54) is 12.8 Å². The first-order valence-corrected chi connectivity index (χ1v) is 6.76. The van der Waals surface area contributed by atoms with E-state index in [9.17, 15) is 9.59 Å². The molecule has 0 radical (unpaired) electrons. The second-order valence-electron chi connectivity index (χ2n) is 5.65. The van der Waals surface area contributed by atoms with Crippen LogP contribution in [-0.2, 0) is 9.59 Å². The number of rotatable bonds is 5. The maximum absolute atomic E-state index is 12.0. The Morgan fingerprint density at radius 1 is 1.44 bits per heavy atom. The standard InChI is InChI=1S/C13H22N2O3/c1-14(9-13(17)18)7-10-6-12(16)15(8-10)11-4-2-3-5-11/h10-11H,2-9H2,1H3,(H,17,18). The molecule has 0 aromatic heterocycles. The lowest BCUT2D eigenvalue weighted by atomic mass is 10.1. The summed E-state index contributed by atoms with van der Waals surface area (Å²) in [4.78, 5) is 26.4. The van der Waals surface area contributed by atoms with Gasteiger partial charge in [-0.1, -0.05) is 12.8 Å². The van der Waals surface area contributed by atoms with Crippen LogP contribution in [0.3, 0.4) is 0 Å². The number of carbonyl (C=O) groups excluding carboxylic acids is 1. The Balaban J connectivity index is 1.82. The van der Waals surface area contributed by atoms with Gasteiger partial charge in [-0.3, -0.25) is 14.5 Å².